The molecule has 6 rings (SSSR count). The van der Waals surface area contributed by atoms with Gasteiger partial charge in [0.15, 0.2) is 11.6 Å². The first-order valence-corrected chi connectivity index (χ1v) is 13.7. The van der Waals surface area contributed by atoms with E-state index < -0.39 is 6.04 Å². The number of fused-ring (bicyclic) bond motifs is 2. The van der Waals surface area contributed by atoms with Crippen molar-refractivity contribution in [2.24, 2.45) is 5.41 Å². The minimum Gasteiger partial charge on any atom is -0.327 e. The van der Waals surface area contributed by atoms with Crippen molar-refractivity contribution >= 4 is 28.4 Å². The van der Waals surface area contributed by atoms with Crippen molar-refractivity contribution in [1.82, 2.24) is 29.6 Å². The maximum Gasteiger partial charge on any atom is 0.245 e. The highest BCUT2D eigenvalue weighted by atomic mass is 16.2. The molecule has 4 aromatic rings. The van der Waals surface area contributed by atoms with E-state index in [1.165, 1.54) is 6.92 Å². The molecule has 1 saturated carbocycles. The van der Waals surface area contributed by atoms with Gasteiger partial charge in [0.2, 0.25) is 5.91 Å². The van der Waals surface area contributed by atoms with Crippen molar-refractivity contribution in [2.75, 3.05) is 0 Å². The Morgan fingerprint density at radius 2 is 1.75 bits per heavy atom. The summed E-state index contributed by atoms with van der Waals surface area (Å²) in [6.07, 6.45) is 9.58. The van der Waals surface area contributed by atoms with E-state index in [1.54, 1.807) is 29.5 Å². The van der Waals surface area contributed by atoms with Crippen LogP contribution in [0.25, 0.3) is 22.0 Å². The van der Waals surface area contributed by atoms with Crippen LogP contribution in [0.3, 0.4) is 0 Å². The van der Waals surface area contributed by atoms with E-state index in [-0.39, 0.29) is 35.5 Å². The van der Waals surface area contributed by atoms with Crippen LogP contribution >= 0.6 is 0 Å². The van der Waals surface area contributed by atoms with Gasteiger partial charge in [-0.2, -0.15) is 5.10 Å². The van der Waals surface area contributed by atoms with E-state index in [4.69, 9.17) is 0 Å². The Morgan fingerprint density at radius 3 is 2.45 bits per heavy atom. The summed E-state index contributed by atoms with van der Waals surface area (Å²) < 4.78 is 1.63. The molecular weight excluding hydrogens is 504 g/mol. The first kappa shape index (κ1) is 26.0. The third-order valence-electron chi connectivity index (χ3n) is 8.47. The van der Waals surface area contributed by atoms with Crippen molar-refractivity contribution < 1.29 is 14.4 Å². The van der Waals surface area contributed by atoms with Gasteiger partial charge in [0.05, 0.1) is 11.6 Å². The lowest BCUT2D eigenvalue weighted by Gasteiger charge is -2.27. The number of piperidine rings is 1. The summed E-state index contributed by atoms with van der Waals surface area (Å²) in [4.78, 5) is 54.3. The first-order chi connectivity index (χ1) is 19.1. The molecule has 1 amide bonds. The molecule has 1 aliphatic carbocycles. The molecule has 40 heavy (non-hydrogen) atoms. The van der Waals surface area contributed by atoms with Gasteiger partial charge < -0.3 is 4.90 Å². The maximum absolute atomic E-state index is 13.8. The van der Waals surface area contributed by atoms with Gasteiger partial charge in [-0.15, -0.1) is 0 Å². The minimum atomic E-state index is -0.429. The Hall–Kier alpha value is -4.27. The molecule has 3 aromatic heterocycles. The van der Waals surface area contributed by atoms with Gasteiger partial charge >= 0.3 is 0 Å². The van der Waals surface area contributed by atoms with Crippen molar-refractivity contribution in [3.63, 3.8) is 0 Å². The van der Waals surface area contributed by atoms with E-state index >= 15 is 0 Å². The summed E-state index contributed by atoms with van der Waals surface area (Å²) in [6, 6.07) is 7.39. The minimum absolute atomic E-state index is 0.00961. The lowest BCUT2D eigenvalue weighted by atomic mass is 9.96. The number of ketones is 2. The van der Waals surface area contributed by atoms with Crippen LogP contribution in [0.15, 0.2) is 49.1 Å². The first-order valence-electron chi connectivity index (χ1n) is 13.7. The second kappa shape index (κ2) is 9.73. The summed E-state index contributed by atoms with van der Waals surface area (Å²) in [5, 5.41) is 5.30. The molecule has 2 aliphatic rings. The second-order valence-electron chi connectivity index (χ2n) is 11.5. The Balaban J connectivity index is 1.29. The predicted octanol–water partition coefficient (Wildman–Crippen LogP) is 4.29. The largest absolute Gasteiger partial charge is 0.327 e. The van der Waals surface area contributed by atoms with Crippen molar-refractivity contribution in [3.05, 3.63) is 71.7 Å². The normalized spacial score (nSPS) is 21.4. The summed E-state index contributed by atoms with van der Waals surface area (Å²) in [6.45, 7) is 7.39. The molecule has 204 valence electrons. The molecule has 0 spiro atoms. The number of amides is 1. The van der Waals surface area contributed by atoms with Gasteiger partial charge in [0.25, 0.3) is 0 Å². The molecule has 2 fully saturated rings. The number of benzene rings is 1. The van der Waals surface area contributed by atoms with Crippen LogP contribution in [-0.2, 0) is 22.6 Å². The van der Waals surface area contributed by atoms with E-state index in [9.17, 15) is 14.4 Å². The van der Waals surface area contributed by atoms with Crippen LogP contribution < -0.4 is 0 Å². The molecule has 1 saturated heterocycles. The van der Waals surface area contributed by atoms with Gasteiger partial charge in [0.1, 0.15) is 18.1 Å². The quantitative estimate of drug-likeness (QED) is 0.309. The number of rotatable bonds is 8. The number of Topliss-reactive ketones (excluding diaryl/α,β-unsaturated/α-hetero) is 2. The van der Waals surface area contributed by atoms with Crippen LogP contribution in [0, 0.1) is 19.3 Å². The Kier molecular flexibility index (Phi) is 6.32. The van der Waals surface area contributed by atoms with E-state index in [0.29, 0.717) is 36.2 Å². The fraction of sp³-hybridized carbons (Fsp3) is 0.387. The molecule has 9 heteroatoms. The van der Waals surface area contributed by atoms with Gasteiger partial charge in [-0.05, 0) is 79.5 Å². The van der Waals surface area contributed by atoms with E-state index in [0.717, 1.165) is 34.2 Å². The molecule has 1 aliphatic heterocycles. The number of hydrogen-bond donors (Lipinski definition) is 0. The second-order valence-corrected chi connectivity index (χ2v) is 11.5. The monoisotopic (exact) mass is 536 g/mol. The molecular formula is C31H32N6O3. The van der Waals surface area contributed by atoms with Crippen LogP contribution in [-0.4, -0.2) is 59.2 Å². The van der Waals surface area contributed by atoms with Crippen molar-refractivity contribution in [2.45, 2.75) is 72.0 Å². The highest BCUT2D eigenvalue weighted by molar-refractivity contribution is 6.07. The van der Waals surface area contributed by atoms with Gasteiger partial charge in [-0.3, -0.25) is 24.0 Å². The highest BCUT2D eigenvalue weighted by Gasteiger charge is 2.64. The number of nitrogens with zero attached hydrogens (tertiary/aromatic N) is 6. The van der Waals surface area contributed by atoms with E-state index in [1.807, 2.05) is 43.0 Å². The number of aromatic nitrogens is 5. The predicted molar refractivity (Wildman–Crippen MR) is 150 cm³/mol. The number of pyridine rings is 1. The Labute approximate surface area is 232 Å². The maximum atomic E-state index is 13.8. The summed E-state index contributed by atoms with van der Waals surface area (Å²) in [5.74, 6) is 0.464. The smallest absolute Gasteiger partial charge is 0.245 e. The van der Waals surface area contributed by atoms with Crippen molar-refractivity contribution in [1.29, 1.82) is 0 Å². The topological polar surface area (TPSA) is 111 Å². The number of likely N-dealkylation sites (tertiary alicyclic amines) is 1. The van der Waals surface area contributed by atoms with Crippen LogP contribution in [0.1, 0.15) is 60.5 Å². The molecule has 9 nitrogen and oxygen atoms in total. The molecule has 0 N–H and O–H groups in total. The summed E-state index contributed by atoms with van der Waals surface area (Å²) in [5.41, 5.74) is 4.73. The third kappa shape index (κ3) is 4.59. The zero-order valence-corrected chi connectivity index (χ0v) is 23.2. The molecule has 0 radical (unpaired) electrons. The third-order valence-corrected chi connectivity index (χ3v) is 8.47. The zero-order chi connectivity index (χ0) is 28.2. The number of carbonyl (C=O) groups is 3. The van der Waals surface area contributed by atoms with Crippen LogP contribution in [0.2, 0.25) is 0 Å². The fourth-order valence-electron chi connectivity index (χ4n) is 6.21. The number of carbonyl (C=O) groups excluding carboxylic acids is 3. The number of hydrogen-bond acceptors (Lipinski definition) is 7. The molecule has 0 bridgehead atoms. The van der Waals surface area contributed by atoms with Crippen molar-refractivity contribution in [3.8, 4) is 11.1 Å². The highest BCUT2D eigenvalue weighted by Crippen LogP contribution is 2.59. The van der Waals surface area contributed by atoms with Gasteiger partial charge in [-0.25, -0.2) is 9.97 Å². The lowest BCUT2D eigenvalue weighted by Crippen LogP contribution is -2.44. The molecule has 3 atom stereocenters. The van der Waals surface area contributed by atoms with E-state index in [2.05, 4.69) is 27.0 Å². The Morgan fingerprint density at radius 1 is 1.02 bits per heavy atom. The fourth-order valence-corrected chi connectivity index (χ4v) is 6.21. The summed E-state index contributed by atoms with van der Waals surface area (Å²) >= 11 is 0. The average Bonchev–Trinajstić information content (AvgIpc) is 3.29. The van der Waals surface area contributed by atoms with Crippen LogP contribution in [0.4, 0.5) is 0 Å². The van der Waals surface area contributed by atoms with Gasteiger partial charge in [0, 0.05) is 55.1 Å². The zero-order valence-electron chi connectivity index (χ0n) is 23.2. The standard InChI is InChI=1S/C31H32N6O3/c1-18-11-22(23-15-33-20(3)34-16-23)12-24-29(19(2)38)35-36(30(18)24)17-28(40)37-25(13-31(4)14-27(31)37)26(39)6-5-21-7-9-32-10-8-21/h7-12,15-16,25,27H,5-6,13-14,17H2,1-4H3/t25-,27+,31-/m0/s1. The van der Waals surface area contributed by atoms with Gasteiger partial charge in [-0.1, -0.05) is 6.92 Å². The lowest BCUT2D eigenvalue weighted by molar-refractivity contribution is -0.139. The molecule has 1 aromatic carbocycles. The average molecular weight is 537 g/mol. The molecule has 4 heterocycles. The SMILES string of the molecule is CC(=O)c1nn(CC(=O)N2[C@H](C(=O)CCc3ccncc3)C[C@@]3(C)C[C@@H]23)c2c(C)cc(-c3cnc(C)nc3)cc12. The van der Waals surface area contributed by atoms with Crippen LogP contribution in [0.5, 0.6) is 0 Å². The summed E-state index contributed by atoms with van der Waals surface area (Å²) in [7, 11) is 0. The molecule has 0 unspecified atom stereocenters. The number of aryl methyl sites for hydroxylation is 3. The Bertz CT molecular complexity index is 1650.